The fourth-order valence-corrected chi connectivity index (χ4v) is 8.71. The maximum atomic E-state index is 15.6. The van der Waals surface area contributed by atoms with Crippen molar-refractivity contribution in [2.45, 2.75) is 63.6 Å². The summed E-state index contributed by atoms with van der Waals surface area (Å²) in [5.74, 6) is -0.0608. The lowest BCUT2D eigenvalue weighted by Crippen LogP contribution is -2.48. The van der Waals surface area contributed by atoms with Crippen LogP contribution in [0.4, 0.5) is 9.80 Å². The zero-order valence-corrected chi connectivity index (χ0v) is 24.3. The number of hydrogen-bond acceptors (Lipinski definition) is 5. The Morgan fingerprint density at radius 1 is 1.15 bits per heavy atom. The molecule has 0 radical (unpaired) electrons. The van der Waals surface area contributed by atoms with E-state index in [1.165, 1.54) is 0 Å². The van der Waals surface area contributed by atoms with Crippen LogP contribution in [0.1, 0.15) is 30.9 Å². The van der Waals surface area contributed by atoms with Crippen LogP contribution in [0.25, 0.3) is 0 Å². The lowest BCUT2D eigenvalue weighted by molar-refractivity contribution is -0.135. The van der Waals surface area contributed by atoms with Crippen LogP contribution in [0.2, 0.25) is 18.6 Å². The van der Waals surface area contributed by atoms with Gasteiger partial charge in [-0.3, -0.25) is 9.59 Å². The monoisotopic (exact) mass is 555 g/mol. The average Bonchev–Trinajstić information content (AvgIpc) is 3.23. The van der Waals surface area contributed by atoms with E-state index in [2.05, 4.69) is 24.4 Å². The standard InChI is InChI=1S/C30H42FN3O4Si/c1-22-26(13-12-23-10-7-11-25(18-23)34-15-14-32-20-29(34)37)38-27(30(22)39(2,3)31)19-28(36)33(16-17-35)21-24-8-5-4-6-9-24/h4-11,18,22,26-27,30,32,35H,12-17,19-21H2,1-3H3/t22-,26+,27-,30+/m0/s1. The number of anilines is 1. The van der Waals surface area contributed by atoms with Crippen molar-refractivity contribution in [2.24, 2.45) is 5.92 Å². The van der Waals surface area contributed by atoms with Crippen LogP contribution in [-0.4, -0.2) is 75.2 Å². The number of amides is 2. The molecule has 0 saturated carbocycles. The number of aryl methyl sites for hydroxylation is 1. The third-order valence-corrected chi connectivity index (χ3v) is 10.5. The summed E-state index contributed by atoms with van der Waals surface area (Å²) in [6.45, 7) is 7.75. The first kappa shape index (κ1) is 29.4. The van der Waals surface area contributed by atoms with E-state index in [-0.39, 0.29) is 48.9 Å². The number of carbonyl (C=O) groups excluding carboxylic acids is 2. The summed E-state index contributed by atoms with van der Waals surface area (Å²) in [5, 5.41) is 12.7. The smallest absolute Gasteiger partial charge is 0.246 e. The maximum absolute atomic E-state index is 15.6. The molecule has 2 saturated heterocycles. The number of halogens is 1. The Labute approximate surface area is 232 Å². The Morgan fingerprint density at radius 3 is 2.59 bits per heavy atom. The van der Waals surface area contributed by atoms with Crippen molar-refractivity contribution in [3.8, 4) is 0 Å². The molecule has 0 unspecified atom stereocenters. The average molecular weight is 556 g/mol. The zero-order chi connectivity index (χ0) is 28.0. The lowest BCUT2D eigenvalue weighted by atomic mass is 9.95. The summed E-state index contributed by atoms with van der Waals surface area (Å²) >= 11 is 0. The molecule has 4 rings (SSSR count). The van der Waals surface area contributed by atoms with Crippen molar-refractivity contribution in [1.82, 2.24) is 10.2 Å². The van der Waals surface area contributed by atoms with E-state index in [1.807, 2.05) is 47.4 Å². The highest BCUT2D eigenvalue weighted by atomic mass is 28.4. The highest BCUT2D eigenvalue weighted by Gasteiger charge is 2.51. The second kappa shape index (κ2) is 13.2. The third kappa shape index (κ3) is 7.54. The molecule has 2 amide bonds. The predicted octanol–water partition coefficient (Wildman–Crippen LogP) is 3.91. The minimum Gasteiger partial charge on any atom is -0.395 e. The molecular formula is C30H42FN3O4Si. The number of nitrogens with one attached hydrogen (secondary N) is 1. The van der Waals surface area contributed by atoms with Crippen LogP contribution >= 0.6 is 0 Å². The molecule has 2 aromatic rings. The van der Waals surface area contributed by atoms with Crippen molar-refractivity contribution >= 4 is 25.9 Å². The summed E-state index contributed by atoms with van der Waals surface area (Å²) < 4.78 is 22.1. The molecular weight excluding hydrogens is 513 g/mol. The highest BCUT2D eigenvalue weighted by molar-refractivity contribution is 6.72. The molecule has 2 aromatic carbocycles. The fourth-order valence-electron chi connectivity index (χ4n) is 6.16. The summed E-state index contributed by atoms with van der Waals surface area (Å²) in [6.07, 6.45) is 0.941. The molecule has 2 N–H and O–H groups in total. The van der Waals surface area contributed by atoms with E-state index >= 15 is 4.11 Å². The molecule has 0 aliphatic carbocycles. The van der Waals surface area contributed by atoms with E-state index in [9.17, 15) is 14.7 Å². The van der Waals surface area contributed by atoms with Crippen LogP contribution in [0.5, 0.6) is 0 Å². The quantitative estimate of drug-likeness (QED) is 0.325. The SMILES string of the molecule is C[C@@H]1[C@@H]([Si](C)(C)F)[C@H](CC(=O)N(CCO)Cc2ccccc2)O[C@@H]1CCc1cccc(N2CCNCC2=O)c1. The topological polar surface area (TPSA) is 82.1 Å². The number of rotatable bonds is 11. The Bertz CT molecular complexity index is 1110. The molecule has 2 aliphatic heterocycles. The van der Waals surface area contributed by atoms with Crippen LogP contribution in [-0.2, 0) is 27.3 Å². The number of nitrogens with zero attached hydrogens (tertiary/aromatic N) is 2. The number of benzene rings is 2. The number of carbonyl (C=O) groups is 2. The molecule has 2 aliphatic rings. The minimum atomic E-state index is -3.13. The molecule has 4 atom stereocenters. The molecule has 7 nitrogen and oxygen atoms in total. The first-order chi connectivity index (χ1) is 18.7. The minimum absolute atomic E-state index is 0.00666. The molecule has 39 heavy (non-hydrogen) atoms. The van der Waals surface area contributed by atoms with E-state index in [4.69, 9.17) is 4.74 Å². The van der Waals surface area contributed by atoms with Crippen molar-refractivity contribution in [2.75, 3.05) is 37.7 Å². The van der Waals surface area contributed by atoms with Gasteiger partial charge in [0.15, 0.2) is 0 Å². The van der Waals surface area contributed by atoms with Gasteiger partial charge in [-0.05, 0) is 55.1 Å². The van der Waals surface area contributed by atoms with E-state index in [0.717, 1.165) is 36.2 Å². The second-order valence-electron chi connectivity index (χ2n) is 11.3. The number of aliphatic hydroxyl groups excluding tert-OH is 1. The highest BCUT2D eigenvalue weighted by Crippen LogP contribution is 2.47. The van der Waals surface area contributed by atoms with Crippen LogP contribution in [0, 0.1) is 5.92 Å². The molecule has 212 valence electrons. The lowest BCUT2D eigenvalue weighted by Gasteiger charge is -2.30. The molecule has 0 aromatic heterocycles. The summed E-state index contributed by atoms with van der Waals surface area (Å²) in [4.78, 5) is 29.2. The van der Waals surface area contributed by atoms with Gasteiger partial charge in [0.1, 0.15) is 0 Å². The van der Waals surface area contributed by atoms with Gasteiger partial charge in [0.2, 0.25) is 20.2 Å². The zero-order valence-electron chi connectivity index (χ0n) is 23.3. The van der Waals surface area contributed by atoms with Gasteiger partial charge in [0.05, 0.1) is 31.8 Å². The van der Waals surface area contributed by atoms with Gasteiger partial charge in [-0.25, -0.2) is 0 Å². The van der Waals surface area contributed by atoms with Gasteiger partial charge < -0.3 is 29.1 Å². The Morgan fingerprint density at radius 2 is 1.90 bits per heavy atom. The molecule has 0 bridgehead atoms. The summed E-state index contributed by atoms with van der Waals surface area (Å²) in [6, 6.07) is 17.7. The van der Waals surface area contributed by atoms with Crippen molar-refractivity contribution < 1.29 is 23.5 Å². The molecule has 0 spiro atoms. The van der Waals surface area contributed by atoms with Gasteiger partial charge in [-0.15, -0.1) is 0 Å². The molecule has 9 heteroatoms. The maximum Gasteiger partial charge on any atom is 0.246 e. The van der Waals surface area contributed by atoms with Crippen molar-refractivity contribution in [3.63, 3.8) is 0 Å². The van der Waals surface area contributed by atoms with Crippen LogP contribution in [0.15, 0.2) is 54.6 Å². The van der Waals surface area contributed by atoms with Crippen molar-refractivity contribution in [3.05, 3.63) is 65.7 Å². The Hall–Kier alpha value is -2.59. The van der Waals surface area contributed by atoms with Gasteiger partial charge >= 0.3 is 0 Å². The van der Waals surface area contributed by atoms with Crippen molar-refractivity contribution in [1.29, 1.82) is 0 Å². The first-order valence-corrected chi connectivity index (χ1v) is 17.0. The van der Waals surface area contributed by atoms with Crippen LogP contribution in [0.3, 0.4) is 0 Å². The fraction of sp³-hybridized carbons (Fsp3) is 0.533. The van der Waals surface area contributed by atoms with E-state index in [1.54, 1.807) is 18.0 Å². The molecule has 2 heterocycles. The largest absolute Gasteiger partial charge is 0.395 e. The van der Waals surface area contributed by atoms with E-state index in [0.29, 0.717) is 19.6 Å². The van der Waals surface area contributed by atoms with Gasteiger partial charge in [-0.2, -0.15) is 0 Å². The number of piperazine rings is 1. The Kier molecular flexibility index (Phi) is 9.93. The number of ether oxygens (including phenoxy) is 1. The third-order valence-electron chi connectivity index (χ3n) is 8.04. The predicted molar refractivity (Wildman–Crippen MR) is 154 cm³/mol. The molecule has 2 fully saturated rings. The van der Waals surface area contributed by atoms with Gasteiger partial charge in [0.25, 0.3) is 0 Å². The first-order valence-electron chi connectivity index (χ1n) is 14.0. The van der Waals surface area contributed by atoms with Gasteiger partial charge in [-0.1, -0.05) is 49.4 Å². The number of aliphatic hydroxyl groups is 1. The van der Waals surface area contributed by atoms with E-state index < -0.39 is 14.5 Å². The Balaban J connectivity index is 1.42. The number of hydrogen-bond donors (Lipinski definition) is 2. The summed E-state index contributed by atoms with van der Waals surface area (Å²) in [5.41, 5.74) is 2.71. The normalized spacial score (nSPS) is 23.7. The van der Waals surface area contributed by atoms with Gasteiger partial charge in [0, 0.05) is 37.4 Å². The van der Waals surface area contributed by atoms with Crippen LogP contribution < -0.4 is 10.2 Å². The second-order valence-corrected chi connectivity index (χ2v) is 15.1. The summed E-state index contributed by atoms with van der Waals surface area (Å²) in [7, 11) is -3.13.